The fourth-order valence-corrected chi connectivity index (χ4v) is 9.06. The van der Waals surface area contributed by atoms with Gasteiger partial charge in [-0.1, -0.05) is 229 Å². The Morgan fingerprint density at radius 3 is 1.46 bits per heavy atom. The molecule has 0 saturated carbocycles. The van der Waals surface area contributed by atoms with Gasteiger partial charge in [0.1, 0.15) is 30.5 Å². The molecule has 1 heterocycles. The van der Waals surface area contributed by atoms with Gasteiger partial charge in [0.15, 0.2) is 6.29 Å². The van der Waals surface area contributed by atoms with Crippen molar-refractivity contribution in [1.29, 1.82) is 0 Å². The van der Waals surface area contributed by atoms with Crippen molar-refractivity contribution in [2.45, 2.75) is 275 Å². The van der Waals surface area contributed by atoms with E-state index in [1.165, 1.54) is 128 Å². The van der Waals surface area contributed by atoms with Crippen LogP contribution in [0.1, 0.15) is 239 Å². The highest BCUT2D eigenvalue weighted by Gasteiger charge is 2.48. The minimum atomic E-state index is -5.07. The standard InChI is InChI=1S/C56H102O12S/c1-3-5-7-9-11-13-15-17-19-21-23-24-25-26-27-28-29-31-33-35-37-39-41-43-45-52(58)66-50(49-65-56-54(60)55(68-69(61,62)63)53(59)51(47-57)67-56)48-64-46-44-42-40-38-36-34-32-30-22-20-18-16-14-12-10-8-6-4-2/h6,8,12,14,18,20,30,32,50-51,53-57,59-60H,3-5,7,9-11,13,15-17,19,21-29,31,33-49H2,1-2H3,(H,61,62,63)/b8-6-,14-12-,20-18-,32-30-. The van der Waals surface area contributed by atoms with Crippen LogP contribution < -0.4 is 0 Å². The number of hydrogen-bond acceptors (Lipinski definition) is 11. The van der Waals surface area contributed by atoms with Crippen LogP contribution in [-0.2, 0) is 38.3 Å². The Hall–Kier alpha value is -1.94. The Labute approximate surface area is 421 Å². The molecule has 0 aliphatic carbocycles. The summed E-state index contributed by atoms with van der Waals surface area (Å²) in [4.78, 5) is 12.9. The molecule has 4 N–H and O–H groups in total. The molecule has 6 unspecified atom stereocenters. The van der Waals surface area contributed by atoms with Gasteiger partial charge in [0.2, 0.25) is 0 Å². The van der Waals surface area contributed by atoms with Gasteiger partial charge >= 0.3 is 16.4 Å². The molecule has 13 heteroatoms. The smallest absolute Gasteiger partial charge is 0.397 e. The van der Waals surface area contributed by atoms with Crippen molar-refractivity contribution in [2.75, 3.05) is 26.4 Å². The van der Waals surface area contributed by atoms with E-state index in [9.17, 15) is 33.1 Å². The third kappa shape index (κ3) is 40.3. The minimum Gasteiger partial charge on any atom is -0.457 e. The number of ether oxygens (including phenoxy) is 4. The quantitative estimate of drug-likeness (QED) is 0.0196. The molecule has 12 nitrogen and oxygen atoms in total. The van der Waals surface area contributed by atoms with Crippen molar-refractivity contribution in [2.24, 2.45) is 0 Å². The largest absolute Gasteiger partial charge is 0.457 e. The van der Waals surface area contributed by atoms with Crippen molar-refractivity contribution in [3.63, 3.8) is 0 Å². The van der Waals surface area contributed by atoms with E-state index in [2.05, 4.69) is 66.6 Å². The number of allylic oxidation sites excluding steroid dienone is 8. The Morgan fingerprint density at radius 1 is 0.565 bits per heavy atom. The number of aliphatic hydroxyl groups excluding tert-OH is 3. The molecule has 1 saturated heterocycles. The first kappa shape index (κ1) is 65.1. The normalized spacial score (nSPS) is 19.5. The summed E-state index contributed by atoms with van der Waals surface area (Å²) in [5, 5.41) is 30.8. The highest BCUT2D eigenvalue weighted by Crippen LogP contribution is 2.26. The van der Waals surface area contributed by atoms with Crippen molar-refractivity contribution < 1.29 is 56.2 Å². The molecule has 0 aromatic heterocycles. The highest BCUT2D eigenvalue weighted by molar-refractivity contribution is 7.80. The molecular formula is C56H102O12S. The first-order valence-corrected chi connectivity index (χ1v) is 29.3. The minimum absolute atomic E-state index is 0.0246. The van der Waals surface area contributed by atoms with Gasteiger partial charge in [-0.05, 0) is 51.4 Å². The van der Waals surface area contributed by atoms with Crippen LogP contribution in [0.5, 0.6) is 0 Å². The number of aliphatic hydroxyl groups is 3. The summed E-state index contributed by atoms with van der Waals surface area (Å²) in [7, 11) is -5.07. The zero-order chi connectivity index (χ0) is 50.3. The zero-order valence-corrected chi connectivity index (χ0v) is 44.4. The lowest BCUT2D eigenvalue weighted by Gasteiger charge is -2.41. The van der Waals surface area contributed by atoms with Gasteiger partial charge in [-0.25, -0.2) is 4.18 Å². The Bertz CT molecular complexity index is 1380. The Morgan fingerprint density at radius 2 is 1.00 bits per heavy atom. The van der Waals surface area contributed by atoms with Crippen molar-refractivity contribution in [1.82, 2.24) is 0 Å². The van der Waals surface area contributed by atoms with Crippen LogP contribution in [0.3, 0.4) is 0 Å². The second-order valence-electron chi connectivity index (χ2n) is 19.2. The third-order valence-corrected chi connectivity index (χ3v) is 13.2. The number of rotatable bonds is 49. The van der Waals surface area contributed by atoms with E-state index < -0.39 is 59.8 Å². The molecule has 1 rings (SSSR count). The first-order valence-electron chi connectivity index (χ1n) is 27.9. The van der Waals surface area contributed by atoms with Crippen LogP contribution in [-0.4, -0.2) is 97.5 Å². The second-order valence-corrected chi connectivity index (χ2v) is 20.2. The molecule has 0 aromatic carbocycles. The van der Waals surface area contributed by atoms with Crippen LogP contribution in [0.15, 0.2) is 48.6 Å². The first-order chi connectivity index (χ1) is 33.6. The maximum atomic E-state index is 12.9. The number of esters is 1. The third-order valence-electron chi connectivity index (χ3n) is 12.7. The van der Waals surface area contributed by atoms with Crippen LogP contribution in [0.25, 0.3) is 0 Å². The van der Waals surface area contributed by atoms with Crippen molar-refractivity contribution in [3.8, 4) is 0 Å². The molecule has 1 aliphatic heterocycles. The zero-order valence-electron chi connectivity index (χ0n) is 43.6. The fourth-order valence-electron chi connectivity index (χ4n) is 8.55. The lowest BCUT2D eigenvalue weighted by molar-refractivity contribution is -0.301. The lowest BCUT2D eigenvalue weighted by atomic mass is 9.99. The average Bonchev–Trinajstić information content (AvgIpc) is 3.32. The van der Waals surface area contributed by atoms with Gasteiger partial charge in [0.05, 0.1) is 19.8 Å². The lowest BCUT2D eigenvalue weighted by Crippen LogP contribution is -2.60. The second kappa shape index (κ2) is 47.1. The molecule has 0 bridgehead atoms. The highest BCUT2D eigenvalue weighted by atomic mass is 32.3. The van der Waals surface area contributed by atoms with Gasteiger partial charge in [0.25, 0.3) is 0 Å². The molecule has 0 spiro atoms. The molecule has 6 atom stereocenters. The molecule has 0 aromatic rings. The van der Waals surface area contributed by atoms with Gasteiger partial charge in [-0.3, -0.25) is 9.35 Å². The van der Waals surface area contributed by atoms with Crippen LogP contribution >= 0.6 is 0 Å². The predicted molar refractivity (Wildman–Crippen MR) is 280 cm³/mol. The van der Waals surface area contributed by atoms with Crippen molar-refractivity contribution >= 4 is 16.4 Å². The summed E-state index contributed by atoms with van der Waals surface area (Å²) in [5.74, 6) is -0.402. The van der Waals surface area contributed by atoms with E-state index in [0.29, 0.717) is 13.0 Å². The molecular weight excluding hydrogens is 897 g/mol. The average molecular weight is 999 g/mol. The van der Waals surface area contributed by atoms with Crippen LogP contribution in [0.4, 0.5) is 0 Å². The van der Waals surface area contributed by atoms with E-state index in [1.807, 2.05) is 0 Å². The Balaban J connectivity index is 2.31. The SMILES string of the molecule is CC/C=C\C/C=C\C/C=C\C/C=C\CCCCCCCOCC(COC1OC(CO)C(O)C(OS(=O)(=O)O)C1O)OC(=O)CCCCCCCCCCCCCCCCCCCCCCCCCC. The summed E-state index contributed by atoms with van der Waals surface area (Å²) in [5.41, 5.74) is 0. The van der Waals surface area contributed by atoms with Crippen molar-refractivity contribution in [3.05, 3.63) is 48.6 Å². The molecule has 404 valence electrons. The van der Waals surface area contributed by atoms with E-state index >= 15 is 0 Å². The Kier molecular flexibility index (Phi) is 44.4. The molecule has 0 radical (unpaired) electrons. The molecule has 1 fully saturated rings. The summed E-state index contributed by atoms with van der Waals surface area (Å²) in [6, 6.07) is 0. The van der Waals surface area contributed by atoms with E-state index in [0.717, 1.165) is 83.5 Å². The maximum absolute atomic E-state index is 12.9. The summed E-state index contributed by atoms with van der Waals surface area (Å²) < 4.78 is 59.3. The monoisotopic (exact) mass is 999 g/mol. The van der Waals surface area contributed by atoms with Crippen LogP contribution in [0, 0.1) is 0 Å². The van der Waals surface area contributed by atoms with Gasteiger partial charge in [-0.15, -0.1) is 0 Å². The van der Waals surface area contributed by atoms with E-state index in [-0.39, 0.29) is 19.6 Å². The van der Waals surface area contributed by atoms with Gasteiger partial charge < -0.3 is 34.3 Å². The van der Waals surface area contributed by atoms with Gasteiger partial charge in [0, 0.05) is 13.0 Å². The molecule has 69 heavy (non-hydrogen) atoms. The fraction of sp³-hybridized carbons (Fsp3) is 0.839. The summed E-state index contributed by atoms with van der Waals surface area (Å²) >= 11 is 0. The predicted octanol–water partition coefficient (Wildman–Crippen LogP) is 13.5. The number of hydrogen-bond donors (Lipinski definition) is 4. The number of carbonyl (C=O) groups is 1. The molecule has 0 amide bonds. The topological polar surface area (TPSA) is 178 Å². The number of unbranched alkanes of at least 4 members (excludes halogenated alkanes) is 28. The summed E-state index contributed by atoms with van der Waals surface area (Å²) in [6.07, 6.45) is 50.1. The van der Waals surface area contributed by atoms with Crippen LogP contribution in [0.2, 0.25) is 0 Å². The summed E-state index contributed by atoms with van der Waals surface area (Å²) in [6.45, 7) is 3.87. The van der Waals surface area contributed by atoms with E-state index in [1.54, 1.807) is 0 Å². The van der Waals surface area contributed by atoms with Gasteiger partial charge in [-0.2, -0.15) is 8.42 Å². The maximum Gasteiger partial charge on any atom is 0.397 e. The molecule has 1 aliphatic rings. The van der Waals surface area contributed by atoms with E-state index in [4.69, 9.17) is 18.9 Å². The number of carbonyl (C=O) groups excluding carboxylic acids is 1.